The Morgan fingerprint density at radius 2 is 1.95 bits per heavy atom. The highest BCUT2D eigenvalue weighted by Gasteiger charge is 2.47. The maximum absolute atomic E-state index is 6.51. The Bertz CT molecular complexity index is 1370. The Hall–Kier alpha value is -3.37. The van der Waals surface area contributed by atoms with Gasteiger partial charge in [0.05, 0.1) is 53.9 Å². The van der Waals surface area contributed by atoms with Crippen molar-refractivity contribution >= 4 is 17.3 Å². The summed E-state index contributed by atoms with van der Waals surface area (Å²) in [6.45, 7) is 6.17. The summed E-state index contributed by atoms with van der Waals surface area (Å²) in [4.78, 5) is 24.4. The van der Waals surface area contributed by atoms with E-state index in [-0.39, 0.29) is 17.6 Å². The number of aryl methyl sites for hydroxylation is 2. The van der Waals surface area contributed by atoms with Crippen LogP contribution in [0.3, 0.4) is 0 Å². The fraction of sp³-hybridized carbons (Fsp3) is 0.519. The van der Waals surface area contributed by atoms with Crippen LogP contribution >= 0.6 is 0 Å². The van der Waals surface area contributed by atoms with Gasteiger partial charge in [-0.25, -0.2) is 15.0 Å². The number of hydrogen-bond donors (Lipinski definition) is 1. The molecule has 10 heteroatoms. The highest BCUT2D eigenvalue weighted by molar-refractivity contribution is 6.11. The minimum atomic E-state index is 0.0998. The van der Waals surface area contributed by atoms with Crippen LogP contribution in [0.1, 0.15) is 43.3 Å². The number of aromatic nitrogens is 5. The molecular weight excluding hydrogens is 466 g/mol. The molecule has 4 aliphatic rings. The highest BCUT2D eigenvalue weighted by atomic mass is 16.5. The third kappa shape index (κ3) is 3.65. The molecule has 0 amide bonds. The number of ether oxygens (including phenoxy) is 1. The summed E-state index contributed by atoms with van der Waals surface area (Å²) < 4.78 is 7.74. The van der Waals surface area contributed by atoms with Gasteiger partial charge in [-0.2, -0.15) is 5.10 Å². The first-order valence-corrected chi connectivity index (χ1v) is 13.3. The third-order valence-corrected chi connectivity index (χ3v) is 8.73. The molecule has 192 valence electrons. The molecule has 7 rings (SSSR count). The van der Waals surface area contributed by atoms with E-state index in [9.17, 15) is 0 Å². The summed E-state index contributed by atoms with van der Waals surface area (Å²) in [5.74, 6) is 1.85. The Labute approximate surface area is 216 Å². The van der Waals surface area contributed by atoms with Crippen LogP contribution in [0.25, 0.3) is 11.4 Å². The number of pyridine rings is 1. The van der Waals surface area contributed by atoms with E-state index < -0.39 is 0 Å². The van der Waals surface area contributed by atoms with Crippen molar-refractivity contribution in [3.8, 4) is 11.4 Å². The summed E-state index contributed by atoms with van der Waals surface area (Å²) in [6.07, 6.45) is 7.88. The number of piperidine rings is 1. The van der Waals surface area contributed by atoms with Crippen LogP contribution in [0.2, 0.25) is 0 Å². The molecule has 10 nitrogen and oxygen atoms in total. The molecule has 2 saturated heterocycles. The molecule has 3 aromatic heterocycles. The van der Waals surface area contributed by atoms with E-state index in [1.54, 1.807) is 6.20 Å². The van der Waals surface area contributed by atoms with Gasteiger partial charge < -0.3 is 20.3 Å². The maximum Gasteiger partial charge on any atom is 0.156 e. The van der Waals surface area contributed by atoms with Crippen molar-refractivity contribution in [3.63, 3.8) is 0 Å². The fourth-order valence-corrected chi connectivity index (χ4v) is 6.39. The van der Waals surface area contributed by atoms with E-state index in [1.807, 2.05) is 24.0 Å². The predicted molar refractivity (Wildman–Crippen MR) is 142 cm³/mol. The van der Waals surface area contributed by atoms with Crippen LogP contribution in [-0.2, 0) is 24.8 Å². The van der Waals surface area contributed by atoms with Gasteiger partial charge >= 0.3 is 0 Å². The van der Waals surface area contributed by atoms with Crippen molar-refractivity contribution in [1.29, 1.82) is 0 Å². The summed E-state index contributed by atoms with van der Waals surface area (Å²) in [6, 6.07) is 6.34. The predicted octanol–water partition coefficient (Wildman–Crippen LogP) is 2.32. The Morgan fingerprint density at radius 3 is 2.70 bits per heavy atom. The molecule has 2 N–H and O–H groups in total. The normalized spacial score (nSPS) is 24.4. The van der Waals surface area contributed by atoms with Crippen molar-refractivity contribution in [3.05, 3.63) is 47.7 Å². The van der Waals surface area contributed by atoms with Gasteiger partial charge in [0, 0.05) is 44.3 Å². The highest BCUT2D eigenvalue weighted by Crippen LogP contribution is 2.42. The molecule has 0 aliphatic carbocycles. The monoisotopic (exact) mass is 499 g/mol. The molecule has 2 fully saturated rings. The van der Waals surface area contributed by atoms with E-state index in [1.165, 1.54) is 0 Å². The molecule has 0 aromatic carbocycles. The summed E-state index contributed by atoms with van der Waals surface area (Å²) >= 11 is 0. The van der Waals surface area contributed by atoms with Gasteiger partial charge in [0.1, 0.15) is 11.5 Å². The zero-order chi connectivity index (χ0) is 25.1. The number of fused-ring (bicyclic) bond motifs is 2. The standard InChI is InChI=1S/C27H33N9O/c1-17-25(28)27(16-37-17)8-12-35(13-9-27)23-15-29-24-20(33-23)14-30-26(24)36-11-3-4-18-22(36)6-5-19(32-18)21-7-10-31-34(21)2/h5-7,10,15,17,25H,3-4,8-9,11-14,16,28H2,1-2H3/t17-,25+/m0/s1. The molecule has 4 aliphatic heterocycles. The molecule has 37 heavy (non-hydrogen) atoms. The molecular formula is C27H33N9O. The topological polar surface area (TPSA) is 111 Å². The van der Waals surface area contributed by atoms with Gasteiger partial charge in [0.2, 0.25) is 0 Å². The average Bonchev–Trinajstić information content (AvgIpc) is 3.62. The lowest BCUT2D eigenvalue weighted by Gasteiger charge is -2.41. The summed E-state index contributed by atoms with van der Waals surface area (Å²) in [5.41, 5.74) is 12.6. The molecule has 3 aromatic rings. The number of amidine groups is 1. The number of aliphatic imine (C=N–C) groups is 1. The van der Waals surface area contributed by atoms with Crippen LogP contribution in [0.15, 0.2) is 35.6 Å². The van der Waals surface area contributed by atoms with Gasteiger partial charge in [-0.3, -0.25) is 9.67 Å². The second-order valence-corrected chi connectivity index (χ2v) is 10.8. The zero-order valence-corrected chi connectivity index (χ0v) is 21.5. The van der Waals surface area contributed by atoms with E-state index in [2.05, 4.69) is 34.0 Å². The van der Waals surface area contributed by atoms with Crippen LogP contribution in [0, 0.1) is 5.41 Å². The lowest BCUT2D eigenvalue weighted by atomic mass is 9.73. The Kier molecular flexibility index (Phi) is 5.30. The lowest BCUT2D eigenvalue weighted by Crippen LogP contribution is -2.50. The molecule has 2 atom stereocenters. The maximum atomic E-state index is 6.51. The smallest absolute Gasteiger partial charge is 0.156 e. The lowest BCUT2D eigenvalue weighted by molar-refractivity contribution is 0.0974. The SMILES string of the molecule is C[C@@H]1OCC2(CCN(c3cnc4c(n3)CN=C4N3CCCc4nc(-c5ccnn5C)ccc43)CC2)[C@@H]1N. The summed E-state index contributed by atoms with van der Waals surface area (Å²) in [7, 11) is 1.94. The van der Waals surface area contributed by atoms with Crippen LogP contribution in [-0.4, -0.2) is 69.0 Å². The van der Waals surface area contributed by atoms with Crippen molar-refractivity contribution in [2.24, 2.45) is 23.2 Å². The number of rotatable bonds is 2. The molecule has 7 heterocycles. The zero-order valence-electron chi connectivity index (χ0n) is 21.5. The van der Waals surface area contributed by atoms with Crippen LogP contribution in [0.4, 0.5) is 11.5 Å². The second-order valence-electron chi connectivity index (χ2n) is 10.8. The van der Waals surface area contributed by atoms with Crippen molar-refractivity contribution in [2.45, 2.75) is 51.3 Å². The minimum absolute atomic E-state index is 0.0998. The first-order chi connectivity index (χ1) is 18.0. The number of anilines is 2. The molecule has 0 saturated carbocycles. The van der Waals surface area contributed by atoms with Crippen molar-refractivity contribution in [2.75, 3.05) is 36.0 Å². The molecule has 0 unspecified atom stereocenters. The number of nitrogens with zero attached hydrogens (tertiary/aromatic N) is 8. The summed E-state index contributed by atoms with van der Waals surface area (Å²) in [5, 5.41) is 4.29. The van der Waals surface area contributed by atoms with Gasteiger partial charge in [0.15, 0.2) is 5.84 Å². The van der Waals surface area contributed by atoms with E-state index in [0.29, 0.717) is 6.54 Å². The number of hydrogen-bond acceptors (Lipinski definition) is 9. The van der Waals surface area contributed by atoms with Crippen molar-refractivity contribution < 1.29 is 4.74 Å². The Morgan fingerprint density at radius 1 is 1.08 bits per heavy atom. The van der Waals surface area contributed by atoms with Gasteiger partial charge in [0.25, 0.3) is 0 Å². The number of nitrogens with two attached hydrogens (primary N) is 1. The first kappa shape index (κ1) is 22.8. The van der Waals surface area contributed by atoms with E-state index in [0.717, 1.165) is 97.7 Å². The Balaban J connectivity index is 1.10. The van der Waals surface area contributed by atoms with Gasteiger partial charge in [-0.15, -0.1) is 0 Å². The fourth-order valence-electron chi connectivity index (χ4n) is 6.39. The molecule has 0 radical (unpaired) electrons. The van der Waals surface area contributed by atoms with Crippen LogP contribution in [0.5, 0.6) is 0 Å². The largest absolute Gasteiger partial charge is 0.376 e. The first-order valence-electron chi connectivity index (χ1n) is 13.3. The molecule has 1 spiro atoms. The third-order valence-electron chi connectivity index (χ3n) is 8.73. The second kappa shape index (κ2) is 8.59. The van der Waals surface area contributed by atoms with Crippen LogP contribution < -0.4 is 15.5 Å². The van der Waals surface area contributed by atoms with E-state index in [4.69, 9.17) is 30.4 Å². The van der Waals surface area contributed by atoms with Crippen molar-refractivity contribution in [1.82, 2.24) is 24.7 Å². The average molecular weight is 500 g/mol. The quantitative estimate of drug-likeness (QED) is 0.572. The van der Waals surface area contributed by atoms with E-state index >= 15 is 0 Å². The van der Waals surface area contributed by atoms with Gasteiger partial charge in [-0.1, -0.05) is 0 Å². The minimum Gasteiger partial charge on any atom is -0.376 e. The molecule has 0 bridgehead atoms. The van der Waals surface area contributed by atoms with Gasteiger partial charge in [-0.05, 0) is 50.8 Å².